The summed E-state index contributed by atoms with van der Waals surface area (Å²) in [6.07, 6.45) is 10.4. The summed E-state index contributed by atoms with van der Waals surface area (Å²) >= 11 is 2.05. The van der Waals surface area contributed by atoms with Crippen molar-refractivity contribution in [1.82, 2.24) is 0 Å². The van der Waals surface area contributed by atoms with Gasteiger partial charge in [0.05, 0.1) is 11.4 Å². The van der Waals surface area contributed by atoms with Crippen molar-refractivity contribution in [3.05, 3.63) is 161 Å². The first-order valence-corrected chi connectivity index (χ1v) is 28.9. The molecule has 0 radical (unpaired) electrons. The lowest BCUT2D eigenvalue weighted by Gasteiger charge is -2.48. The molecule has 3 fully saturated rings. The third-order valence-electron chi connectivity index (χ3n) is 20.7. The Labute approximate surface area is 443 Å². The third kappa shape index (κ3) is 5.81. The van der Waals surface area contributed by atoms with Gasteiger partial charge in [0, 0.05) is 53.8 Å². The molecule has 2 aromatic heterocycles. The van der Waals surface area contributed by atoms with Gasteiger partial charge in [-0.15, -0.1) is 11.3 Å². The summed E-state index contributed by atoms with van der Waals surface area (Å²) in [7, 11) is 0. The number of para-hydroxylation sites is 1. The maximum Gasteiger partial charge on any atom is 0.264 e. The van der Waals surface area contributed by atoms with Crippen LogP contribution in [0.25, 0.3) is 43.2 Å². The van der Waals surface area contributed by atoms with Crippen LogP contribution in [0.2, 0.25) is 0 Å². The van der Waals surface area contributed by atoms with E-state index in [2.05, 4.69) is 206 Å². The second-order valence-electron chi connectivity index (χ2n) is 26.6. The van der Waals surface area contributed by atoms with Crippen molar-refractivity contribution in [3.8, 4) is 11.1 Å². The first-order chi connectivity index (χ1) is 35.5. The minimum absolute atomic E-state index is 0.0336. The molecule has 370 valence electrons. The Bertz CT molecular complexity index is 3890. The lowest BCUT2D eigenvalue weighted by molar-refractivity contribution is 0.0990. The van der Waals surface area contributed by atoms with E-state index in [0.717, 1.165) is 16.9 Å². The monoisotopic (exact) mass is 985 g/mol. The number of thiophene rings is 1. The zero-order valence-corrected chi connectivity index (χ0v) is 46.0. The molecule has 9 aromatic rings. The molecule has 7 aromatic carbocycles. The van der Waals surface area contributed by atoms with E-state index in [9.17, 15) is 0 Å². The number of anilines is 6. The van der Waals surface area contributed by atoms with Crippen LogP contribution in [0.5, 0.6) is 0 Å². The van der Waals surface area contributed by atoms with E-state index >= 15 is 0 Å². The van der Waals surface area contributed by atoms with E-state index in [-0.39, 0.29) is 33.8 Å². The molecule has 2 bridgehead atoms. The molecular weight excluding hydrogens is 916 g/mol. The second kappa shape index (κ2) is 15.1. The van der Waals surface area contributed by atoms with Gasteiger partial charge in [-0.25, -0.2) is 0 Å². The number of rotatable bonds is 3. The van der Waals surface area contributed by atoms with Crippen LogP contribution in [0.4, 0.5) is 34.1 Å². The zero-order chi connectivity index (χ0) is 50.6. The largest absolute Gasteiger partial charge is 0.454 e. The van der Waals surface area contributed by atoms with Crippen LogP contribution in [0, 0.1) is 23.7 Å². The van der Waals surface area contributed by atoms with E-state index < -0.39 is 0 Å². The highest BCUT2D eigenvalue weighted by Gasteiger charge is 2.71. The maximum atomic E-state index is 7.16. The zero-order valence-electron chi connectivity index (χ0n) is 45.2. The van der Waals surface area contributed by atoms with E-state index in [4.69, 9.17) is 4.42 Å². The lowest BCUT2D eigenvalue weighted by atomic mass is 9.36. The summed E-state index contributed by atoms with van der Waals surface area (Å²) in [6.45, 7) is 24.4. The predicted octanol–water partition coefficient (Wildman–Crippen LogP) is 17.9. The number of aryl methyl sites for hydroxylation is 1. The average Bonchev–Trinajstić information content (AvgIpc) is 4.19. The lowest BCUT2D eigenvalue weighted by Crippen LogP contribution is -2.60. The molecule has 3 unspecified atom stereocenters. The third-order valence-corrected chi connectivity index (χ3v) is 21.9. The Kier molecular flexibility index (Phi) is 9.25. The topological polar surface area (TPSA) is 19.6 Å². The van der Waals surface area contributed by atoms with E-state index in [1.165, 1.54) is 150 Å². The van der Waals surface area contributed by atoms with Gasteiger partial charge >= 0.3 is 0 Å². The Balaban J connectivity index is 1.04. The van der Waals surface area contributed by atoms with Gasteiger partial charge < -0.3 is 14.2 Å². The SMILES string of the molecule is Cc1cc2c3c(c1)N(c1ccc(C(C)(C)C)c4c1oc1ccccc14)c1ccc(C(C)(C)C)cc1B3c1sc3ccc(C4CCCCC4)cc3c1N2c1ccc2c(c1)C1(CC3CCC1(C)C3(C)C)c1ccccc1-2. The fourth-order valence-corrected chi connectivity index (χ4v) is 17.9. The molecule has 0 saturated heterocycles. The summed E-state index contributed by atoms with van der Waals surface area (Å²) in [5.74, 6) is 1.31. The summed E-state index contributed by atoms with van der Waals surface area (Å²) in [6, 6.07) is 50.8. The molecule has 0 amide bonds. The minimum Gasteiger partial charge on any atom is -0.454 e. The number of benzene rings is 7. The van der Waals surface area contributed by atoms with E-state index in [1.807, 2.05) is 11.3 Å². The van der Waals surface area contributed by atoms with Crippen LogP contribution in [-0.2, 0) is 16.2 Å². The molecule has 3 saturated carbocycles. The number of fused-ring (bicyclic) bond motifs is 17. The highest BCUT2D eigenvalue weighted by atomic mass is 32.1. The summed E-state index contributed by atoms with van der Waals surface area (Å²) < 4.78 is 10.0. The van der Waals surface area contributed by atoms with E-state index in [0.29, 0.717) is 11.8 Å². The van der Waals surface area contributed by atoms with Crippen LogP contribution in [0.3, 0.4) is 0 Å². The standard InChI is InChI=1S/C69H69BN2OS/c1-40-34-56-61-57(35-40)72(55-30-28-51(66(5,6)7)60-48-21-15-17-23-58(48)73-63(55)60)54-29-25-43(65(2,3)4)37-53(54)70(61)64-62(49-36-42(24-31-59(49)74-64)41-18-12-11-13-19-41)71(56)45-26-27-47-46-20-14-16-22-50(46)69(52(47)38-45)39-44-32-33-68(69,10)67(44,8)9/h14-17,20-31,34-38,41,44H,11-13,18-19,32-33,39H2,1-10H3. The molecular formula is C69H69BN2OS. The maximum absolute atomic E-state index is 7.16. The van der Waals surface area contributed by atoms with Crippen LogP contribution < -0.4 is 25.5 Å². The van der Waals surface area contributed by atoms with Gasteiger partial charge in [0.1, 0.15) is 5.58 Å². The van der Waals surface area contributed by atoms with Gasteiger partial charge in [0.15, 0.2) is 5.58 Å². The number of furan rings is 1. The summed E-state index contributed by atoms with van der Waals surface area (Å²) in [5, 5.41) is 3.80. The summed E-state index contributed by atoms with van der Waals surface area (Å²) in [4.78, 5) is 5.38. The van der Waals surface area contributed by atoms with Gasteiger partial charge in [0.2, 0.25) is 0 Å². The fraction of sp³-hybridized carbons (Fsp3) is 0.362. The molecule has 2 aliphatic heterocycles. The van der Waals surface area contributed by atoms with Gasteiger partial charge in [-0.05, 0) is 183 Å². The molecule has 3 nitrogen and oxygen atoms in total. The Morgan fingerprint density at radius 3 is 2.15 bits per heavy atom. The van der Waals surface area contributed by atoms with Crippen molar-refractivity contribution >= 4 is 99.9 Å². The number of nitrogens with zero attached hydrogens (tertiary/aromatic N) is 2. The van der Waals surface area contributed by atoms with Gasteiger partial charge in [0.25, 0.3) is 6.71 Å². The molecule has 0 N–H and O–H groups in total. The quantitative estimate of drug-likeness (QED) is 0.165. The van der Waals surface area contributed by atoms with Crippen molar-refractivity contribution in [1.29, 1.82) is 0 Å². The normalized spacial score (nSPS) is 22.5. The fourth-order valence-electron chi connectivity index (χ4n) is 16.6. The van der Waals surface area contributed by atoms with Crippen LogP contribution in [0.1, 0.15) is 153 Å². The Hall–Kier alpha value is -6.04. The average molecular weight is 985 g/mol. The van der Waals surface area contributed by atoms with E-state index in [1.54, 1.807) is 11.1 Å². The van der Waals surface area contributed by atoms with Crippen molar-refractivity contribution in [2.75, 3.05) is 9.80 Å². The minimum atomic E-state index is -0.0889. The highest BCUT2D eigenvalue weighted by molar-refractivity contribution is 7.33. The number of hydrogen-bond acceptors (Lipinski definition) is 4. The number of hydrogen-bond donors (Lipinski definition) is 0. The van der Waals surface area contributed by atoms with Crippen molar-refractivity contribution in [3.63, 3.8) is 0 Å². The van der Waals surface area contributed by atoms with Crippen LogP contribution in [0.15, 0.2) is 132 Å². The van der Waals surface area contributed by atoms with Crippen molar-refractivity contribution < 1.29 is 4.42 Å². The highest BCUT2D eigenvalue weighted by Crippen LogP contribution is 2.78. The smallest absolute Gasteiger partial charge is 0.264 e. The Morgan fingerprint density at radius 1 is 0.649 bits per heavy atom. The molecule has 4 heterocycles. The molecule has 5 heteroatoms. The molecule has 6 aliphatic rings. The van der Waals surface area contributed by atoms with Crippen LogP contribution in [-0.4, -0.2) is 6.71 Å². The van der Waals surface area contributed by atoms with Crippen molar-refractivity contribution in [2.24, 2.45) is 16.7 Å². The molecule has 74 heavy (non-hydrogen) atoms. The molecule has 1 spiro atoms. The van der Waals surface area contributed by atoms with Crippen LogP contribution >= 0.6 is 11.3 Å². The Morgan fingerprint density at radius 2 is 1.39 bits per heavy atom. The van der Waals surface area contributed by atoms with Gasteiger partial charge in [-0.2, -0.15) is 0 Å². The molecule has 4 aliphatic carbocycles. The van der Waals surface area contributed by atoms with Gasteiger partial charge in [-0.1, -0.05) is 154 Å². The van der Waals surface area contributed by atoms with Crippen molar-refractivity contribution in [2.45, 2.75) is 143 Å². The second-order valence-corrected chi connectivity index (χ2v) is 27.7. The summed E-state index contributed by atoms with van der Waals surface area (Å²) in [5.41, 5.74) is 23.8. The first-order valence-electron chi connectivity index (χ1n) is 28.1. The molecule has 15 rings (SSSR count). The first kappa shape index (κ1) is 45.4. The van der Waals surface area contributed by atoms with Gasteiger partial charge in [-0.3, -0.25) is 0 Å². The molecule has 3 atom stereocenters. The predicted molar refractivity (Wildman–Crippen MR) is 317 cm³/mol.